The Labute approximate surface area is 236 Å². The van der Waals surface area contributed by atoms with E-state index in [1.165, 1.54) is 0 Å². The van der Waals surface area contributed by atoms with Gasteiger partial charge in [0.05, 0.1) is 19.4 Å². The second-order valence-corrected chi connectivity index (χ2v) is 11.8. The van der Waals surface area contributed by atoms with Crippen LogP contribution in [0.25, 0.3) is 53.2 Å². The predicted octanol–water partition coefficient (Wildman–Crippen LogP) is 8.84. The first kappa shape index (κ1) is 18.0. The minimum absolute atomic E-state index is 0.0307. The van der Waals surface area contributed by atoms with Crippen LogP contribution in [0, 0.1) is 0 Å². The Kier molecular flexibility index (Phi) is 4.04. The molecule has 0 atom stereocenters. The molecule has 0 aliphatic carbocycles. The van der Waals surface area contributed by atoms with Gasteiger partial charge in [-0.2, -0.15) is 0 Å². The summed E-state index contributed by atoms with van der Waals surface area (Å²) in [5.41, 5.74) is 1.19. The molecule has 0 radical (unpaired) electrons. The Morgan fingerprint density at radius 3 is 2.13 bits per heavy atom. The molecule has 0 amide bonds. The summed E-state index contributed by atoms with van der Waals surface area (Å²) < 4.78 is 69.2. The fourth-order valence-corrected chi connectivity index (χ4v) is 6.09. The van der Waals surface area contributed by atoms with Crippen molar-refractivity contribution in [2.24, 2.45) is 0 Å². The van der Waals surface area contributed by atoms with Crippen LogP contribution >= 0.6 is 11.3 Å². The molecule has 2 nitrogen and oxygen atoms in total. The molecule has 0 bridgehead atoms. The van der Waals surface area contributed by atoms with E-state index in [9.17, 15) is 2.74 Å². The van der Waals surface area contributed by atoms with Gasteiger partial charge in [0.2, 0.25) is 0 Å². The van der Waals surface area contributed by atoms with Gasteiger partial charge in [-0.05, 0) is 90.4 Å². The average Bonchev–Trinajstić information content (AvgIpc) is 3.47. The minimum atomic E-state index is -0.649. The highest BCUT2D eigenvalue weighted by Gasteiger charge is 2.51. The van der Waals surface area contributed by atoms with E-state index < -0.39 is 18.3 Å². The summed E-state index contributed by atoms with van der Waals surface area (Å²) >= 11 is 1.62. The van der Waals surface area contributed by atoms with Crippen LogP contribution in [0.2, 0.25) is 0 Å². The van der Waals surface area contributed by atoms with Gasteiger partial charge in [0.25, 0.3) is 0 Å². The van der Waals surface area contributed by atoms with Gasteiger partial charge in [-0.25, -0.2) is 0 Å². The molecule has 1 saturated heterocycles. The number of hydrogen-bond donors (Lipinski definition) is 0. The maximum atomic E-state index is 9.26. The third-order valence-corrected chi connectivity index (χ3v) is 8.88. The molecule has 7 rings (SSSR count). The van der Waals surface area contributed by atoms with E-state index in [1.807, 2.05) is 76.2 Å². The molecular formula is C34H29BO2S. The van der Waals surface area contributed by atoms with Crippen LogP contribution in [0.4, 0.5) is 0 Å². The highest BCUT2D eigenvalue weighted by atomic mass is 32.1. The van der Waals surface area contributed by atoms with E-state index in [0.717, 1.165) is 20.2 Å². The van der Waals surface area contributed by atoms with Crippen molar-refractivity contribution < 1.29 is 17.5 Å². The maximum absolute atomic E-state index is 9.26. The van der Waals surface area contributed by atoms with Gasteiger partial charge in [0, 0.05) is 20.2 Å². The minimum Gasteiger partial charge on any atom is -0.399 e. The lowest BCUT2D eigenvalue weighted by Gasteiger charge is -2.32. The third-order valence-electron chi connectivity index (χ3n) is 7.75. The molecular weight excluding hydrogens is 483 g/mol. The fraction of sp³-hybridized carbons (Fsp3) is 0.176. The number of rotatable bonds is 3. The number of fused-ring (bicyclic) bond motifs is 4. The van der Waals surface area contributed by atoms with Gasteiger partial charge in [0.15, 0.2) is 0 Å². The van der Waals surface area contributed by atoms with Crippen molar-refractivity contribution in [2.45, 2.75) is 38.9 Å². The van der Waals surface area contributed by atoms with Crippen molar-refractivity contribution in [3.63, 3.8) is 0 Å². The molecule has 2 heterocycles. The molecule has 4 heteroatoms. The molecule has 5 aromatic carbocycles. The molecule has 0 N–H and O–H groups in total. The number of thiophene rings is 1. The zero-order valence-corrected chi connectivity index (χ0v) is 22.5. The smallest absolute Gasteiger partial charge is 0.399 e. The Balaban J connectivity index is 1.45. The third kappa shape index (κ3) is 3.79. The summed E-state index contributed by atoms with van der Waals surface area (Å²) in [4.78, 5) is 0. The standard InChI is InChI=1S/C34H29BO2S/c1-33(2)34(3,4)37-35(36-33)27-10-7-9-22(21-27)23-15-16-25-20-26(18-17-24(25)19-23)28-12-8-14-31-32(28)29-11-5-6-13-30(29)38-31/h5-21H,1-4H3/i15D,16D,17D,18D,19D,20D. The molecule has 0 spiro atoms. The molecule has 1 fully saturated rings. The summed E-state index contributed by atoms with van der Waals surface area (Å²) in [6, 6.07) is 19.8. The van der Waals surface area contributed by atoms with E-state index >= 15 is 0 Å². The predicted molar refractivity (Wildman–Crippen MR) is 163 cm³/mol. The quantitative estimate of drug-likeness (QED) is 0.218. The largest absolute Gasteiger partial charge is 0.494 e. The Hall–Kier alpha value is -3.44. The Bertz CT molecular complexity index is 2160. The summed E-state index contributed by atoms with van der Waals surface area (Å²) in [7, 11) is -0.649. The highest BCUT2D eigenvalue weighted by molar-refractivity contribution is 7.25. The molecule has 38 heavy (non-hydrogen) atoms. The van der Waals surface area contributed by atoms with Crippen LogP contribution in [0.3, 0.4) is 0 Å². The Morgan fingerprint density at radius 1 is 0.684 bits per heavy atom. The van der Waals surface area contributed by atoms with Crippen LogP contribution < -0.4 is 5.46 Å². The zero-order valence-electron chi connectivity index (χ0n) is 27.7. The first-order valence-electron chi connectivity index (χ1n) is 15.7. The summed E-state index contributed by atoms with van der Waals surface area (Å²) in [6.45, 7) is 7.88. The summed E-state index contributed by atoms with van der Waals surface area (Å²) in [6.07, 6.45) is 0. The molecule has 0 unspecified atom stereocenters. The molecule has 1 aliphatic rings. The first-order chi connectivity index (χ1) is 20.8. The van der Waals surface area contributed by atoms with Gasteiger partial charge >= 0.3 is 7.12 Å². The second kappa shape index (κ2) is 8.54. The molecule has 6 aromatic rings. The van der Waals surface area contributed by atoms with Gasteiger partial charge in [-0.3, -0.25) is 0 Å². The van der Waals surface area contributed by atoms with Crippen LogP contribution in [0.1, 0.15) is 35.9 Å². The lowest BCUT2D eigenvalue weighted by Crippen LogP contribution is -2.41. The van der Waals surface area contributed by atoms with Crippen molar-refractivity contribution in [1.29, 1.82) is 0 Å². The van der Waals surface area contributed by atoms with Crippen LogP contribution in [-0.2, 0) is 9.31 Å². The molecule has 1 aromatic heterocycles. The SMILES string of the molecule is [2H]c1c(-c2cccc3sc4ccccc4c23)c([2H])c2c([2H])c([2H])c(-c3cccc(B4OC(C)(C)C(C)(C)O4)c3)c([2H])c2c1[2H]. The van der Waals surface area contributed by atoms with Crippen molar-refractivity contribution in [3.05, 3.63) is 103 Å². The lowest BCUT2D eigenvalue weighted by molar-refractivity contribution is 0.00578. The number of hydrogen-bond acceptors (Lipinski definition) is 3. The van der Waals surface area contributed by atoms with Gasteiger partial charge in [-0.15, -0.1) is 11.3 Å². The van der Waals surface area contributed by atoms with E-state index in [1.54, 1.807) is 29.5 Å². The maximum Gasteiger partial charge on any atom is 0.494 e. The summed E-state index contributed by atoms with van der Waals surface area (Å²) in [5, 5.41) is 1.97. The molecule has 0 saturated carbocycles. The highest BCUT2D eigenvalue weighted by Crippen LogP contribution is 2.41. The van der Waals surface area contributed by atoms with E-state index in [-0.39, 0.29) is 58.2 Å². The van der Waals surface area contributed by atoms with Crippen LogP contribution in [0.5, 0.6) is 0 Å². The van der Waals surface area contributed by atoms with Gasteiger partial charge < -0.3 is 9.31 Å². The van der Waals surface area contributed by atoms with Crippen molar-refractivity contribution >= 4 is 54.9 Å². The monoisotopic (exact) mass is 518 g/mol. The van der Waals surface area contributed by atoms with Crippen LogP contribution in [-0.4, -0.2) is 18.3 Å². The normalized spacial score (nSPS) is 18.8. The molecule has 1 aliphatic heterocycles. The van der Waals surface area contributed by atoms with Crippen LogP contribution in [0.15, 0.2) is 103 Å². The topological polar surface area (TPSA) is 18.5 Å². The lowest BCUT2D eigenvalue weighted by atomic mass is 9.78. The second-order valence-electron chi connectivity index (χ2n) is 10.7. The average molecular weight is 519 g/mol. The zero-order chi connectivity index (χ0) is 31.3. The van der Waals surface area contributed by atoms with Crippen molar-refractivity contribution in [3.8, 4) is 22.3 Å². The van der Waals surface area contributed by atoms with Crippen molar-refractivity contribution in [2.75, 3.05) is 0 Å². The van der Waals surface area contributed by atoms with Gasteiger partial charge in [-0.1, -0.05) is 78.8 Å². The van der Waals surface area contributed by atoms with E-state index in [0.29, 0.717) is 16.6 Å². The fourth-order valence-electron chi connectivity index (χ4n) is 4.96. The van der Waals surface area contributed by atoms with Gasteiger partial charge in [0.1, 0.15) is 0 Å². The number of benzene rings is 5. The first-order valence-corrected chi connectivity index (χ1v) is 13.5. The molecule has 186 valence electrons. The summed E-state index contributed by atoms with van der Waals surface area (Å²) in [5.74, 6) is 0. The van der Waals surface area contributed by atoms with E-state index in [2.05, 4.69) is 0 Å². The Morgan fingerprint density at radius 2 is 1.34 bits per heavy atom. The van der Waals surface area contributed by atoms with E-state index in [4.69, 9.17) is 14.8 Å². The van der Waals surface area contributed by atoms with Crippen molar-refractivity contribution in [1.82, 2.24) is 0 Å².